The van der Waals surface area contributed by atoms with Crippen molar-refractivity contribution in [3.05, 3.63) is 123 Å². The number of hydrogen-bond acceptors (Lipinski definition) is 0. The fourth-order valence-corrected chi connectivity index (χ4v) is 5.35. The van der Waals surface area contributed by atoms with Gasteiger partial charge < -0.3 is 0 Å². The fourth-order valence-electron chi connectivity index (χ4n) is 2.80. The number of benzene rings is 2. The van der Waals surface area contributed by atoms with Crippen molar-refractivity contribution in [3.63, 3.8) is 0 Å². The maximum Gasteiger partial charge on any atom is 2.00 e. The summed E-state index contributed by atoms with van der Waals surface area (Å²) in [4.78, 5) is 0. The van der Waals surface area contributed by atoms with Crippen LogP contribution >= 0.6 is 7.92 Å². The number of hydrogen-bond donors (Lipinski definition) is 0. The molecule has 4 rings (SSSR count). The van der Waals surface area contributed by atoms with Crippen molar-refractivity contribution in [1.82, 2.24) is 0 Å². The van der Waals surface area contributed by atoms with Crippen molar-refractivity contribution >= 4 is 18.5 Å². The molecule has 2 aromatic carbocycles. The zero-order chi connectivity index (χ0) is 17.5. The van der Waals surface area contributed by atoms with Gasteiger partial charge >= 0.3 is 17.1 Å². The molecule has 0 N–H and O–H groups in total. The minimum atomic E-state index is -0.446. The summed E-state index contributed by atoms with van der Waals surface area (Å²) in [5.41, 5.74) is 4.15. The van der Waals surface area contributed by atoms with Crippen molar-refractivity contribution in [2.24, 2.45) is 0 Å². The molecule has 26 heavy (non-hydrogen) atoms. The molecule has 10 radical (unpaired) electrons. The SMILES string of the molecule is Cc1ccc(C)c([P@]([C]2[CH][CH][CH][CH]2)c2ccccc2)c1.[CH]1[CH][CH][CH][CH]1.[Fe+2]. The van der Waals surface area contributed by atoms with Crippen LogP contribution in [0, 0.1) is 77.3 Å². The third-order valence-corrected chi connectivity index (χ3v) is 6.67. The van der Waals surface area contributed by atoms with E-state index in [1.54, 1.807) is 0 Å². The molecule has 1 atom stereocenters. The number of aryl methyl sites for hydroxylation is 2. The van der Waals surface area contributed by atoms with Gasteiger partial charge in [-0.15, -0.1) is 0 Å². The Balaban J connectivity index is 0.000000351. The molecule has 2 aliphatic carbocycles. The molecule has 130 valence electrons. The van der Waals surface area contributed by atoms with E-state index in [9.17, 15) is 0 Å². The summed E-state index contributed by atoms with van der Waals surface area (Å²) < 4.78 is 0. The van der Waals surface area contributed by atoms with E-state index in [2.05, 4.69) is 88.1 Å². The molecule has 0 aromatic heterocycles. The van der Waals surface area contributed by atoms with Gasteiger partial charge in [0.1, 0.15) is 0 Å². The van der Waals surface area contributed by atoms with Crippen LogP contribution in [-0.4, -0.2) is 0 Å². The van der Waals surface area contributed by atoms with E-state index < -0.39 is 7.92 Å². The van der Waals surface area contributed by atoms with E-state index in [1.165, 1.54) is 27.4 Å². The van der Waals surface area contributed by atoms with Gasteiger partial charge in [0.2, 0.25) is 0 Å². The summed E-state index contributed by atoms with van der Waals surface area (Å²) in [7, 11) is -0.446. The minimum absolute atomic E-state index is 0. The Morgan fingerprint density at radius 2 is 1.23 bits per heavy atom. The zero-order valence-corrected chi connectivity index (χ0v) is 17.1. The van der Waals surface area contributed by atoms with Crippen LogP contribution in [0.1, 0.15) is 11.1 Å². The van der Waals surface area contributed by atoms with Crippen LogP contribution in [0.15, 0.2) is 48.5 Å². The van der Waals surface area contributed by atoms with E-state index in [0.717, 1.165) is 0 Å². The summed E-state index contributed by atoms with van der Waals surface area (Å²) >= 11 is 0. The Bertz CT molecular complexity index is 635. The normalized spacial score (nSPS) is 17.9. The molecule has 0 unspecified atom stereocenters. The van der Waals surface area contributed by atoms with Gasteiger partial charge in [0, 0.05) is 5.66 Å². The van der Waals surface area contributed by atoms with E-state index in [1.807, 2.05) is 32.1 Å². The Morgan fingerprint density at radius 1 is 0.654 bits per heavy atom. The third-order valence-electron chi connectivity index (χ3n) is 4.08. The molecule has 2 heteroatoms. The van der Waals surface area contributed by atoms with Crippen LogP contribution < -0.4 is 10.6 Å². The van der Waals surface area contributed by atoms with Gasteiger partial charge in [0.25, 0.3) is 0 Å². The molecule has 0 spiro atoms. The predicted octanol–water partition coefficient (Wildman–Crippen LogP) is 5.12. The van der Waals surface area contributed by atoms with Gasteiger partial charge in [0.15, 0.2) is 0 Å². The van der Waals surface area contributed by atoms with Gasteiger partial charge in [-0.05, 0) is 95.7 Å². The Kier molecular flexibility index (Phi) is 9.41. The molecule has 0 amide bonds. The average Bonchev–Trinajstić information content (AvgIpc) is 3.35. The molecule has 0 saturated heterocycles. The fraction of sp³-hybridized carbons (Fsp3) is 0.0833. The van der Waals surface area contributed by atoms with Crippen molar-refractivity contribution in [2.75, 3.05) is 0 Å². The van der Waals surface area contributed by atoms with Crippen LogP contribution in [0.5, 0.6) is 0 Å². The zero-order valence-electron chi connectivity index (χ0n) is 15.1. The number of rotatable bonds is 3. The summed E-state index contributed by atoms with van der Waals surface area (Å²) in [6.07, 6.45) is 18.8. The first-order chi connectivity index (χ1) is 12.3. The first-order valence-electron chi connectivity index (χ1n) is 8.56. The summed E-state index contributed by atoms with van der Waals surface area (Å²) in [6.45, 7) is 4.39. The van der Waals surface area contributed by atoms with E-state index in [-0.39, 0.29) is 17.1 Å². The summed E-state index contributed by atoms with van der Waals surface area (Å²) in [5, 5.41) is 2.89. The van der Waals surface area contributed by atoms with Crippen molar-refractivity contribution in [2.45, 2.75) is 13.8 Å². The monoisotopic (exact) mass is 398 g/mol. The summed E-state index contributed by atoms with van der Waals surface area (Å²) in [6, 6.07) is 17.7. The maximum absolute atomic E-state index is 2.35. The topological polar surface area (TPSA) is 0 Å². The second kappa shape index (κ2) is 11.3. The molecule has 0 bridgehead atoms. The second-order valence-corrected chi connectivity index (χ2v) is 8.25. The van der Waals surface area contributed by atoms with E-state index >= 15 is 0 Å². The molecular weight excluding hydrogens is 375 g/mol. The molecule has 2 aliphatic rings. The Labute approximate surface area is 172 Å². The first kappa shape index (κ1) is 21.7. The summed E-state index contributed by atoms with van der Waals surface area (Å²) in [5.74, 6) is 0. The molecule has 0 nitrogen and oxygen atoms in total. The smallest absolute Gasteiger partial charge is 0.0622 e. The molecule has 0 heterocycles. The van der Waals surface area contributed by atoms with Gasteiger partial charge in [-0.25, -0.2) is 0 Å². The Hall–Kier alpha value is -0.611. The van der Waals surface area contributed by atoms with Crippen molar-refractivity contribution in [3.8, 4) is 0 Å². The molecule has 2 aromatic rings. The molecule has 2 fully saturated rings. The molecule has 0 aliphatic heterocycles. The molecular formula is C24H23FeP+2. The van der Waals surface area contributed by atoms with Gasteiger partial charge in [0.05, 0.1) is 0 Å². The van der Waals surface area contributed by atoms with Crippen LogP contribution in [-0.2, 0) is 17.1 Å². The van der Waals surface area contributed by atoms with E-state index in [0.29, 0.717) is 0 Å². The second-order valence-electron chi connectivity index (χ2n) is 6.07. The Morgan fingerprint density at radius 3 is 1.81 bits per heavy atom. The van der Waals surface area contributed by atoms with Crippen LogP contribution in [0.4, 0.5) is 0 Å². The minimum Gasteiger partial charge on any atom is -0.0622 e. The van der Waals surface area contributed by atoms with Gasteiger partial charge in [-0.3, -0.25) is 0 Å². The predicted molar refractivity (Wildman–Crippen MR) is 110 cm³/mol. The standard InChI is InChI=1S/C19H18P.C5H5.Fe/c1-15-12-13-16(2)19(14-15)20(18-10-6-7-11-18)17-8-4-3-5-9-17;1-2-4-5-3-1;/h3-14H,1-2H3;1-5H;/q;;+2/t20-;;/m0../s1. The molecule has 2 saturated carbocycles. The van der Waals surface area contributed by atoms with Gasteiger partial charge in [-0.1, -0.05) is 54.1 Å². The third kappa shape index (κ3) is 5.95. The van der Waals surface area contributed by atoms with Crippen LogP contribution in [0.3, 0.4) is 0 Å². The quantitative estimate of drug-likeness (QED) is 0.498. The first-order valence-corrected chi connectivity index (χ1v) is 9.91. The van der Waals surface area contributed by atoms with Gasteiger partial charge in [-0.2, -0.15) is 0 Å². The average molecular weight is 398 g/mol. The van der Waals surface area contributed by atoms with Crippen molar-refractivity contribution < 1.29 is 17.1 Å². The largest absolute Gasteiger partial charge is 2.00 e. The van der Waals surface area contributed by atoms with E-state index in [4.69, 9.17) is 0 Å². The van der Waals surface area contributed by atoms with Crippen LogP contribution in [0.25, 0.3) is 0 Å². The maximum atomic E-state index is 2.35. The van der Waals surface area contributed by atoms with Crippen molar-refractivity contribution in [1.29, 1.82) is 0 Å². The van der Waals surface area contributed by atoms with Crippen LogP contribution in [0.2, 0.25) is 0 Å².